The van der Waals surface area contributed by atoms with Crippen LogP contribution >= 0.6 is 15.9 Å². The van der Waals surface area contributed by atoms with Crippen molar-refractivity contribution in [3.05, 3.63) is 22.7 Å². The van der Waals surface area contributed by atoms with Crippen LogP contribution < -0.4 is 10.5 Å². The van der Waals surface area contributed by atoms with Crippen LogP contribution in [0.3, 0.4) is 0 Å². The van der Waals surface area contributed by atoms with Gasteiger partial charge in [0.2, 0.25) is 10.0 Å². The molecule has 0 aromatic heterocycles. The first-order valence-corrected chi connectivity index (χ1v) is 7.28. The molecule has 7 heteroatoms. The molecule has 1 rings (SSSR count). The molecule has 0 heterocycles. The molecule has 0 atom stereocenters. The van der Waals surface area contributed by atoms with Gasteiger partial charge in [0, 0.05) is 30.4 Å². The summed E-state index contributed by atoms with van der Waals surface area (Å²) < 4.78 is 31.7. The van der Waals surface area contributed by atoms with Crippen molar-refractivity contribution >= 4 is 31.6 Å². The molecule has 0 spiro atoms. The molecule has 3 N–H and O–H groups in total. The molecule has 0 aliphatic heterocycles. The first-order chi connectivity index (χ1) is 7.97. The zero-order valence-electron chi connectivity index (χ0n) is 9.44. The van der Waals surface area contributed by atoms with E-state index in [1.165, 1.54) is 12.1 Å². The highest BCUT2D eigenvalue weighted by molar-refractivity contribution is 9.10. The molecule has 0 aliphatic rings. The van der Waals surface area contributed by atoms with Crippen LogP contribution in [0.15, 0.2) is 27.6 Å². The smallest absolute Gasteiger partial charge is 0.240 e. The summed E-state index contributed by atoms with van der Waals surface area (Å²) in [5.74, 6) is 0. The number of halogens is 1. The number of hydrogen-bond acceptors (Lipinski definition) is 4. The normalized spacial score (nSPS) is 11.6. The van der Waals surface area contributed by atoms with Crippen LogP contribution in [0.5, 0.6) is 0 Å². The van der Waals surface area contributed by atoms with Crippen LogP contribution in [0.4, 0.5) is 5.69 Å². The molecule has 5 nitrogen and oxygen atoms in total. The molecule has 1 aromatic carbocycles. The van der Waals surface area contributed by atoms with Gasteiger partial charge in [-0.1, -0.05) is 0 Å². The Labute approximate surface area is 110 Å². The van der Waals surface area contributed by atoms with Crippen LogP contribution in [-0.4, -0.2) is 28.7 Å². The zero-order valence-corrected chi connectivity index (χ0v) is 11.8. The molecule has 17 heavy (non-hydrogen) atoms. The van der Waals surface area contributed by atoms with Gasteiger partial charge < -0.3 is 10.5 Å². The van der Waals surface area contributed by atoms with E-state index >= 15 is 0 Å². The van der Waals surface area contributed by atoms with Crippen molar-refractivity contribution in [3.8, 4) is 0 Å². The molecule has 0 bridgehead atoms. The van der Waals surface area contributed by atoms with Gasteiger partial charge in [0.25, 0.3) is 0 Å². The summed E-state index contributed by atoms with van der Waals surface area (Å²) in [6.45, 7) is 0.858. The van der Waals surface area contributed by atoms with E-state index in [1.54, 1.807) is 13.2 Å². The Balaban J connectivity index is 2.72. The van der Waals surface area contributed by atoms with Crippen molar-refractivity contribution in [1.29, 1.82) is 0 Å². The lowest BCUT2D eigenvalue weighted by molar-refractivity contribution is 0.196. The van der Waals surface area contributed by atoms with E-state index in [9.17, 15) is 8.42 Å². The summed E-state index contributed by atoms with van der Waals surface area (Å²) >= 11 is 3.21. The molecule has 96 valence electrons. The fourth-order valence-corrected chi connectivity index (χ4v) is 2.55. The Kier molecular flexibility index (Phi) is 5.38. The highest BCUT2D eigenvalue weighted by atomic mass is 79.9. The maximum Gasteiger partial charge on any atom is 0.240 e. The molecule has 0 aliphatic carbocycles. The van der Waals surface area contributed by atoms with E-state index in [0.717, 1.165) is 0 Å². The van der Waals surface area contributed by atoms with Crippen molar-refractivity contribution in [2.24, 2.45) is 0 Å². The van der Waals surface area contributed by atoms with E-state index in [2.05, 4.69) is 20.7 Å². The fourth-order valence-electron chi connectivity index (χ4n) is 1.20. The fraction of sp³-hybridized carbons (Fsp3) is 0.400. The summed E-state index contributed by atoms with van der Waals surface area (Å²) in [6.07, 6.45) is 0.627. The van der Waals surface area contributed by atoms with Gasteiger partial charge in [0.1, 0.15) is 0 Å². The topological polar surface area (TPSA) is 81.4 Å². The average molecular weight is 323 g/mol. The number of benzene rings is 1. The number of nitrogens with one attached hydrogen (secondary N) is 1. The Morgan fingerprint density at radius 2 is 2.18 bits per heavy atom. The number of methoxy groups -OCH3 is 1. The van der Waals surface area contributed by atoms with Crippen molar-refractivity contribution in [3.63, 3.8) is 0 Å². The predicted molar refractivity (Wildman–Crippen MR) is 70.2 cm³/mol. The molecular formula is C10H15BrN2O3S. The highest BCUT2D eigenvalue weighted by Gasteiger charge is 2.14. The summed E-state index contributed by atoms with van der Waals surface area (Å²) in [5, 5.41) is 0. The summed E-state index contributed by atoms with van der Waals surface area (Å²) in [4.78, 5) is 0.163. The molecule has 1 aromatic rings. The van der Waals surface area contributed by atoms with E-state index in [0.29, 0.717) is 29.7 Å². The number of anilines is 1. The maximum atomic E-state index is 11.8. The summed E-state index contributed by atoms with van der Waals surface area (Å²) in [6, 6.07) is 4.53. The lowest BCUT2D eigenvalue weighted by Gasteiger charge is -2.07. The van der Waals surface area contributed by atoms with Crippen molar-refractivity contribution in [2.45, 2.75) is 11.3 Å². The quantitative estimate of drug-likeness (QED) is 0.611. The second-order valence-electron chi connectivity index (χ2n) is 3.43. The lowest BCUT2D eigenvalue weighted by Crippen LogP contribution is -2.25. The predicted octanol–water partition coefficient (Wildman–Crippen LogP) is 1.35. The van der Waals surface area contributed by atoms with Crippen molar-refractivity contribution < 1.29 is 13.2 Å². The first-order valence-electron chi connectivity index (χ1n) is 5.01. The van der Waals surface area contributed by atoms with Gasteiger partial charge in [-0.05, 0) is 40.5 Å². The third-order valence-electron chi connectivity index (χ3n) is 2.10. The second-order valence-corrected chi connectivity index (χ2v) is 6.05. The molecule has 0 saturated carbocycles. The maximum absolute atomic E-state index is 11.8. The monoisotopic (exact) mass is 322 g/mol. The van der Waals surface area contributed by atoms with Gasteiger partial charge in [-0.15, -0.1) is 0 Å². The van der Waals surface area contributed by atoms with Crippen LogP contribution in [0.25, 0.3) is 0 Å². The molecular weight excluding hydrogens is 308 g/mol. The van der Waals surface area contributed by atoms with Crippen LogP contribution in [-0.2, 0) is 14.8 Å². The number of nitrogen functional groups attached to an aromatic ring is 1. The van der Waals surface area contributed by atoms with E-state index in [-0.39, 0.29) is 4.90 Å². The average Bonchev–Trinajstić information content (AvgIpc) is 2.28. The Morgan fingerprint density at radius 3 is 2.76 bits per heavy atom. The van der Waals surface area contributed by atoms with E-state index < -0.39 is 10.0 Å². The van der Waals surface area contributed by atoms with Gasteiger partial charge in [0.15, 0.2) is 0 Å². The molecule has 0 unspecified atom stereocenters. The number of sulfonamides is 1. The first kappa shape index (κ1) is 14.4. The summed E-state index contributed by atoms with van der Waals surface area (Å²) in [7, 11) is -1.91. The number of rotatable bonds is 6. The van der Waals surface area contributed by atoms with Crippen LogP contribution in [0, 0.1) is 0 Å². The SMILES string of the molecule is COCCCNS(=O)(=O)c1ccc(Br)c(N)c1. The van der Waals surface area contributed by atoms with Gasteiger partial charge in [-0.25, -0.2) is 13.1 Å². The lowest BCUT2D eigenvalue weighted by atomic mass is 10.3. The zero-order chi connectivity index (χ0) is 12.9. The van der Waals surface area contributed by atoms with Gasteiger partial charge in [0.05, 0.1) is 4.90 Å². The van der Waals surface area contributed by atoms with Gasteiger partial charge in [-0.2, -0.15) is 0 Å². The highest BCUT2D eigenvalue weighted by Crippen LogP contribution is 2.22. The minimum absolute atomic E-state index is 0.163. The minimum atomic E-state index is -3.49. The van der Waals surface area contributed by atoms with E-state index in [4.69, 9.17) is 10.5 Å². The molecule has 0 saturated heterocycles. The molecule has 0 radical (unpaired) electrons. The standard InChI is InChI=1S/C10H15BrN2O3S/c1-16-6-2-5-13-17(14,15)8-3-4-9(11)10(12)7-8/h3-4,7,13H,2,5-6,12H2,1H3. The molecule has 0 amide bonds. The largest absolute Gasteiger partial charge is 0.398 e. The van der Waals surface area contributed by atoms with Crippen LogP contribution in [0.2, 0.25) is 0 Å². The Bertz CT molecular complexity index is 476. The second kappa shape index (κ2) is 6.34. The minimum Gasteiger partial charge on any atom is -0.398 e. The number of hydrogen-bond donors (Lipinski definition) is 2. The van der Waals surface area contributed by atoms with Crippen molar-refractivity contribution in [2.75, 3.05) is 26.0 Å². The van der Waals surface area contributed by atoms with Gasteiger partial charge >= 0.3 is 0 Å². The molecule has 0 fully saturated rings. The number of nitrogens with two attached hydrogens (primary N) is 1. The van der Waals surface area contributed by atoms with Crippen LogP contribution in [0.1, 0.15) is 6.42 Å². The third-order valence-corrected chi connectivity index (χ3v) is 4.28. The summed E-state index contributed by atoms with van der Waals surface area (Å²) in [5.41, 5.74) is 6.03. The van der Waals surface area contributed by atoms with E-state index in [1.807, 2.05) is 0 Å². The van der Waals surface area contributed by atoms with Gasteiger partial charge in [-0.3, -0.25) is 0 Å². The Morgan fingerprint density at radius 1 is 1.47 bits per heavy atom. The number of ether oxygens (including phenoxy) is 1. The Hall–Kier alpha value is -0.630. The third kappa shape index (κ3) is 4.27. The van der Waals surface area contributed by atoms with Crippen molar-refractivity contribution in [1.82, 2.24) is 4.72 Å².